The lowest BCUT2D eigenvalue weighted by molar-refractivity contribution is -0.142. The molecule has 0 spiro atoms. The van der Waals surface area contributed by atoms with Crippen LogP contribution < -0.4 is 9.46 Å². The van der Waals surface area contributed by atoms with Gasteiger partial charge in [-0.25, -0.2) is 13.1 Å². The van der Waals surface area contributed by atoms with Gasteiger partial charge in [0.25, 0.3) is 0 Å². The second-order valence-corrected chi connectivity index (χ2v) is 8.67. The molecule has 3 rings (SSSR count). The molecule has 1 aliphatic rings. The summed E-state index contributed by atoms with van der Waals surface area (Å²) in [5, 5.41) is 3.75. The van der Waals surface area contributed by atoms with Crippen molar-refractivity contribution in [2.45, 2.75) is 56.6 Å². The molecule has 1 heterocycles. The minimum Gasteiger partial charge on any atom is -0.495 e. The van der Waals surface area contributed by atoms with Crippen LogP contribution in [0.1, 0.15) is 42.3 Å². The molecule has 10 heteroatoms. The molecule has 0 amide bonds. The lowest BCUT2D eigenvalue weighted by Gasteiger charge is -2.15. The van der Waals surface area contributed by atoms with Gasteiger partial charge in [-0.3, -0.25) is 4.68 Å². The van der Waals surface area contributed by atoms with Crippen molar-refractivity contribution in [2.24, 2.45) is 0 Å². The van der Waals surface area contributed by atoms with Crippen LogP contribution in [-0.2, 0) is 42.0 Å². The highest BCUT2D eigenvalue weighted by Crippen LogP contribution is 2.35. The van der Waals surface area contributed by atoms with E-state index in [4.69, 9.17) is 4.74 Å². The summed E-state index contributed by atoms with van der Waals surface area (Å²) in [4.78, 5) is 0.0119. The smallest absolute Gasteiger partial charge is 0.435 e. The van der Waals surface area contributed by atoms with Gasteiger partial charge < -0.3 is 4.74 Å². The van der Waals surface area contributed by atoms with Crippen LogP contribution in [0.15, 0.2) is 23.1 Å². The number of benzene rings is 1. The van der Waals surface area contributed by atoms with Crippen molar-refractivity contribution in [1.82, 2.24) is 14.5 Å². The van der Waals surface area contributed by atoms with Crippen LogP contribution in [0.25, 0.3) is 0 Å². The number of nitrogens with zero attached hydrogens (tertiary/aromatic N) is 2. The number of fused-ring (bicyclic) bond motifs is 1. The number of aryl methyl sites for hydroxylation is 1. The Labute approximate surface area is 168 Å². The van der Waals surface area contributed by atoms with Crippen LogP contribution in [0.5, 0.6) is 5.75 Å². The number of aromatic nitrogens is 2. The molecule has 29 heavy (non-hydrogen) atoms. The first-order valence-electron chi connectivity index (χ1n) is 9.49. The van der Waals surface area contributed by atoms with Crippen molar-refractivity contribution in [1.29, 1.82) is 0 Å². The van der Waals surface area contributed by atoms with E-state index in [2.05, 4.69) is 9.82 Å². The fourth-order valence-electron chi connectivity index (χ4n) is 3.60. The number of halogens is 3. The molecule has 6 nitrogen and oxygen atoms in total. The first-order valence-corrected chi connectivity index (χ1v) is 11.0. The number of rotatable bonds is 7. The summed E-state index contributed by atoms with van der Waals surface area (Å²) in [5.41, 5.74) is 0.770. The summed E-state index contributed by atoms with van der Waals surface area (Å²) in [5.74, 6) is 0.213. The van der Waals surface area contributed by atoms with E-state index in [0.29, 0.717) is 31.4 Å². The molecule has 1 aromatic heterocycles. The summed E-state index contributed by atoms with van der Waals surface area (Å²) in [6, 6.07) is 4.91. The molecule has 1 N–H and O–H groups in total. The Balaban J connectivity index is 1.79. The average molecular weight is 431 g/mol. The lowest BCUT2D eigenvalue weighted by atomic mass is 9.95. The van der Waals surface area contributed by atoms with E-state index in [-0.39, 0.29) is 29.3 Å². The standard InChI is InChI=1S/C19H24F3N3O3S/c1-3-13-8-9-16(28-2)17(12-13)29(26,27)23-10-11-25-15-7-5-4-6-14(15)18(24-25)19(20,21)22/h8-9,12,23H,3-7,10-11H2,1-2H3. The lowest BCUT2D eigenvalue weighted by Crippen LogP contribution is -2.29. The molecule has 0 fully saturated rings. The molecule has 0 radical (unpaired) electrons. The number of hydrogen-bond acceptors (Lipinski definition) is 4. The first-order chi connectivity index (χ1) is 13.7. The molecule has 0 saturated heterocycles. The predicted octanol–water partition coefficient (Wildman–Crippen LogP) is 3.33. The van der Waals surface area contributed by atoms with Gasteiger partial charge in [-0.15, -0.1) is 0 Å². The van der Waals surface area contributed by atoms with E-state index in [9.17, 15) is 21.6 Å². The minimum absolute atomic E-state index is 0.0119. The maximum Gasteiger partial charge on any atom is 0.435 e. The zero-order chi connectivity index (χ0) is 21.2. The van der Waals surface area contributed by atoms with E-state index >= 15 is 0 Å². The number of hydrogen-bond donors (Lipinski definition) is 1. The Morgan fingerprint density at radius 1 is 1.24 bits per heavy atom. The van der Waals surface area contributed by atoms with Crippen molar-refractivity contribution in [3.63, 3.8) is 0 Å². The second kappa shape index (κ2) is 8.35. The fourth-order valence-corrected chi connectivity index (χ4v) is 4.84. The molecule has 0 bridgehead atoms. The Morgan fingerprint density at radius 2 is 1.97 bits per heavy atom. The first kappa shape index (κ1) is 21.6. The molecule has 2 aromatic rings. The van der Waals surface area contributed by atoms with Gasteiger partial charge in [0.15, 0.2) is 5.69 Å². The van der Waals surface area contributed by atoms with Crippen molar-refractivity contribution in [3.05, 3.63) is 40.7 Å². The van der Waals surface area contributed by atoms with Crippen LogP contribution >= 0.6 is 0 Å². The van der Waals surface area contributed by atoms with Crippen LogP contribution in [0.3, 0.4) is 0 Å². The molecular formula is C19H24F3N3O3S. The van der Waals surface area contributed by atoms with Gasteiger partial charge in [-0.05, 0) is 49.8 Å². The third-order valence-electron chi connectivity index (χ3n) is 5.07. The zero-order valence-electron chi connectivity index (χ0n) is 16.3. The van der Waals surface area contributed by atoms with Crippen molar-refractivity contribution in [3.8, 4) is 5.75 Å². The highest BCUT2D eigenvalue weighted by molar-refractivity contribution is 7.89. The van der Waals surface area contributed by atoms with Crippen molar-refractivity contribution in [2.75, 3.05) is 13.7 Å². The van der Waals surface area contributed by atoms with Crippen LogP contribution in [-0.4, -0.2) is 31.9 Å². The Morgan fingerprint density at radius 3 is 2.62 bits per heavy atom. The molecule has 0 unspecified atom stereocenters. The van der Waals surface area contributed by atoms with E-state index in [1.165, 1.54) is 11.8 Å². The highest BCUT2D eigenvalue weighted by Gasteiger charge is 2.39. The summed E-state index contributed by atoms with van der Waals surface area (Å²) in [7, 11) is -2.50. The molecule has 0 atom stereocenters. The Hall–Kier alpha value is -2.07. The predicted molar refractivity (Wildman–Crippen MR) is 101 cm³/mol. The van der Waals surface area contributed by atoms with Gasteiger partial charge in [0.05, 0.1) is 13.7 Å². The van der Waals surface area contributed by atoms with E-state index < -0.39 is 21.9 Å². The van der Waals surface area contributed by atoms with E-state index in [0.717, 1.165) is 12.0 Å². The number of sulfonamides is 1. The average Bonchev–Trinajstić information content (AvgIpc) is 3.06. The SMILES string of the molecule is CCc1ccc(OC)c(S(=O)(=O)NCCn2nc(C(F)(F)F)c3c2CCCC3)c1. The Bertz CT molecular complexity index is 985. The summed E-state index contributed by atoms with van der Waals surface area (Å²) in [6.45, 7) is 1.85. The van der Waals surface area contributed by atoms with Crippen LogP contribution in [0.4, 0.5) is 13.2 Å². The Kier molecular flexibility index (Phi) is 6.23. The number of alkyl halides is 3. The van der Waals surface area contributed by atoms with Crippen molar-refractivity contribution < 1.29 is 26.3 Å². The van der Waals surface area contributed by atoms with Gasteiger partial charge in [0, 0.05) is 17.8 Å². The van der Waals surface area contributed by atoms with E-state index in [1.54, 1.807) is 18.2 Å². The van der Waals surface area contributed by atoms with Crippen LogP contribution in [0, 0.1) is 0 Å². The molecule has 160 valence electrons. The number of nitrogens with one attached hydrogen (secondary N) is 1. The number of ether oxygens (including phenoxy) is 1. The van der Waals surface area contributed by atoms with Gasteiger partial charge in [-0.1, -0.05) is 13.0 Å². The molecule has 1 aromatic carbocycles. The maximum absolute atomic E-state index is 13.3. The monoisotopic (exact) mass is 431 g/mol. The van der Waals surface area contributed by atoms with Gasteiger partial charge in [0.1, 0.15) is 10.6 Å². The third-order valence-corrected chi connectivity index (χ3v) is 6.55. The quantitative estimate of drug-likeness (QED) is 0.730. The largest absolute Gasteiger partial charge is 0.495 e. The summed E-state index contributed by atoms with van der Waals surface area (Å²) in [6.07, 6.45) is -1.51. The topological polar surface area (TPSA) is 73.2 Å². The third kappa shape index (κ3) is 4.58. The molecule has 1 aliphatic carbocycles. The highest BCUT2D eigenvalue weighted by atomic mass is 32.2. The minimum atomic E-state index is -4.51. The fraction of sp³-hybridized carbons (Fsp3) is 0.526. The van der Waals surface area contributed by atoms with Gasteiger partial charge >= 0.3 is 6.18 Å². The molecular weight excluding hydrogens is 407 g/mol. The second-order valence-electron chi connectivity index (χ2n) is 6.94. The normalized spacial score (nSPS) is 14.7. The summed E-state index contributed by atoms with van der Waals surface area (Å²) < 4.78 is 74.2. The van der Waals surface area contributed by atoms with Crippen LogP contribution in [0.2, 0.25) is 0 Å². The van der Waals surface area contributed by atoms with Gasteiger partial charge in [-0.2, -0.15) is 18.3 Å². The zero-order valence-corrected chi connectivity index (χ0v) is 17.2. The van der Waals surface area contributed by atoms with Gasteiger partial charge in [0.2, 0.25) is 10.0 Å². The molecule has 0 saturated carbocycles. The van der Waals surface area contributed by atoms with E-state index in [1.807, 2.05) is 6.92 Å². The summed E-state index contributed by atoms with van der Waals surface area (Å²) >= 11 is 0. The van der Waals surface area contributed by atoms with Crippen molar-refractivity contribution >= 4 is 10.0 Å². The number of methoxy groups -OCH3 is 1. The maximum atomic E-state index is 13.3. The molecule has 0 aliphatic heterocycles.